The first-order chi connectivity index (χ1) is 14.1. The quantitative estimate of drug-likeness (QED) is 0.810. The van der Waals surface area contributed by atoms with Crippen molar-refractivity contribution in [3.05, 3.63) is 65.0 Å². The van der Waals surface area contributed by atoms with Crippen molar-refractivity contribution in [2.75, 3.05) is 38.1 Å². The molecule has 4 nitrogen and oxygen atoms in total. The van der Waals surface area contributed by atoms with E-state index in [9.17, 15) is 9.18 Å². The molecule has 5 heteroatoms. The van der Waals surface area contributed by atoms with Gasteiger partial charge in [-0.3, -0.25) is 9.69 Å². The smallest absolute Gasteiger partial charge is 0.224 e. The number of benzene rings is 2. The lowest BCUT2D eigenvalue weighted by molar-refractivity contribution is -0.120. The van der Waals surface area contributed by atoms with Crippen molar-refractivity contribution in [2.45, 2.75) is 38.1 Å². The van der Waals surface area contributed by atoms with Crippen LogP contribution < -0.4 is 10.2 Å². The SMILES string of the molecule is CN1CCCc2cc(C(CNC(=O)Cc3ccc(F)cc3)N3CCCC3)ccc21. The lowest BCUT2D eigenvalue weighted by Gasteiger charge is -2.32. The summed E-state index contributed by atoms with van der Waals surface area (Å²) in [6.45, 7) is 3.88. The average molecular weight is 396 g/mol. The molecule has 2 aliphatic heterocycles. The molecule has 154 valence electrons. The fraction of sp³-hybridized carbons (Fsp3) is 0.458. The molecule has 29 heavy (non-hydrogen) atoms. The van der Waals surface area contributed by atoms with Crippen LogP contribution in [-0.4, -0.2) is 44.0 Å². The second kappa shape index (κ2) is 8.95. The molecule has 2 aromatic carbocycles. The fourth-order valence-electron chi connectivity index (χ4n) is 4.58. The van der Waals surface area contributed by atoms with Crippen molar-refractivity contribution in [1.29, 1.82) is 0 Å². The second-order valence-corrected chi connectivity index (χ2v) is 8.28. The maximum absolute atomic E-state index is 13.1. The summed E-state index contributed by atoms with van der Waals surface area (Å²) >= 11 is 0. The number of aryl methyl sites for hydroxylation is 1. The van der Waals surface area contributed by atoms with Crippen molar-refractivity contribution in [3.63, 3.8) is 0 Å². The summed E-state index contributed by atoms with van der Waals surface area (Å²) in [4.78, 5) is 17.3. The summed E-state index contributed by atoms with van der Waals surface area (Å²) < 4.78 is 13.1. The molecule has 1 unspecified atom stereocenters. The van der Waals surface area contributed by atoms with Gasteiger partial charge in [0.1, 0.15) is 5.82 Å². The Morgan fingerprint density at radius 2 is 1.83 bits per heavy atom. The van der Waals surface area contributed by atoms with Gasteiger partial charge in [0.15, 0.2) is 0 Å². The number of nitrogens with zero attached hydrogens (tertiary/aromatic N) is 2. The number of anilines is 1. The molecule has 0 radical (unpaired) electrons. The molecule has 2 aromatic rings. The van der Waals surface area contributed by atoms with Gasteiger partial charge in [-0.2, -0.15) is 0 Å². The van der Waals surface area contributed by atoms with Crippen molar-refractivity contribution < 1.29 is 9.18 Å². The number of fused-ring (bicyclic) bond motifs is 1. The third kappa shape index (κ3) is 4.78. The van der Waals surface area contributed by atoms with E-state index < -0.39 is 0 Å². The van der Waals surface area contributed by atoms with E-state index in [2.05, 4.69) is 40.4 Å². The summed E-state index contributed by atoms with van der Waals surface area (Å²) in [5, 5.41) is 3.13. The Bertz CT molecular complexity index is 846. The highest BCUT2D eigenvalue weighted by Crippen LogP contribution is 2.31. The normalized spacial score (nSPS) is 17.8. The Morgan fingerprint density at radius 1 is 1.07 bits per heavy atom. The fourth-order valence-corrected chi connectivity index (χ4v) is 4.58. The highest BCUT2D eigenvalue weighted by Gasteiger charge is 2.25. The number of halogens is 1. The first-order valence-corrected chi connectivity index (χ1v) is 10.7. The van der Waals surface area contributed by atoms with Gasteiger partial charge in [0.2, 0.25) is 5.91 Å². The number of carbonyl (C=O) groups is 1. The molecule has 1 saturated heterocycles. The number of rotatable bonds is 6. The summed E-state index contributed by atoms with van der Waals surface area (Å²) in [5.41, 5.74) is 4.88. The van der Waals surface area contributed by atoms with Crippen molar-refractivity contribution in [3.8, 4) is 0 Å². The van der Waals surface area contributed by atoms with Gasteiger partial charge in [0.25, 0.3) is 0 Å². The Labute approximate surface area is 172 Å². The zero-order chi connectivity index (χ0) is 20.2. The van der Waals surface area contributed by atoms with Crippen LogP contribution in [0.5, 0.6) is 0 Å². The number of nitrogens with one attached hydrogen (secondary N) is 1. The monoisotopic (exact) mass is 395 g/mol. The van der Waals surface area contributed by atoms with Crippen LogP contribution in [0.25, 0.3) is 0 Å². The number of hydrogen-bond donors (Lipinski definition) is 1. The molecule has 0 saturated carbocycles. The largest absolute Gasteiger partial charge is 0.374 e. The van der Waals surface area contributed by atoms with Crippen molar-refractivity contribution >= 4 is 11.6 Å². The molecular weight excluding hydrogens is 365 g/mol. The summed E-state index contributed by atoms with van der Waals surface area (Å²) in [6.07, 6.45) is 5.02. The topological polar surface area (TPSA) is 35.6 Å². The van der Waals surface area contributed by atoms with Crippen LogP contribution in [0.4, 0.5) is 10.1 Å². The molecule has 0 bridgehead atoms. The molecule has 1 atom stereocenters. The van der Waals surface area contributed by atoms with Gasteiger partial charge < -0.3 is 10.2 Å². The Balaban J connectivity index is 1.46. The van der Waals surface area contributed by atoms with E-state index in [1.54, 1.807) is 12.1 Å². The molecule has 2 aliphatic rings. The number of likely N-dealkylation sites (tertiary alicyclic amines) is 1. The van der Waals surface area contributed by atoms with E-state index >= 15 is 0 Å². The third-order valence-electron chi connectivity index (χ3n) is 6.19. The summed E-state index contributed by atoms with van der Waals surface area (Å²) in [5.74, 6) is -0.292. The standard InChI is InChI=1S/C24H30FN3O/c1-27-12-4-5-19-16-20(8-11-22(19)27)23(28-13-2-3-14-28)17-26-24(29)15-18-6-9-21(25)10-7-18/h6-11,16,23H,2-5,12-15,17H2,1H3,(H,26,29). The van der Waals surface area contributed by atoms with Crippen LogP contribution in [0.15, 0.2) is 42.5 Å². The van der Waals surface area contributed by atoms with E-state index in [0.29, 0.717) is 6.54 Å². The molecule has 0 aliphatic carbocycles. The first-order valence-electron chi connectivity index (χ1n) is 10.7. The minimum atomic E-state index is -0.277. The second-order valence-electron chi connectivity index (χ2n) is 8.28. The van der Waals surface area contributed by atoms with Crippen LogP contribution in [0.1, 0.15) is 42.0 Å². The van der Waals surface area contributed by atoms with Gasteiger partial charge in [-0.05, 0) is 73.7 Å². The number of hydrogen-bond acceptors (Lipinski definition) is 3. The molecule has 1 amide bonds. The van der Waals surface area contributed by atoms with Gasteiger partial charge in [-0.1, -0.05) is 24.3 Å². The van der Waals surface area contributed by atoms with Crippen LogP contribution >= 0.6 is 0 Å². The summed E-state index contributed by atoms with van der Waals surface area (Å²) in [6, 6.07) is 13.2. The molecule has 2 heterocycles. The lowest BCUT2D eigenvalue weighted by Crippen LogP contribution is -2.37. The van der Waals surface area contributed by atoms with Crippen LogP contribution in [0.3, 0.4) is 0 Å². The average Bonchev–Trinajstić information content (AvgIpc) is 3.24. The zero-order valence-electron chi connectivity index (χ0n) is 17.2. The predicted molar refractivity (Wildman–Crippen MR) is 115 cm³/mol. The highest BCUT2D eigenvalue weighted by molar-refractivity contribution is 5.78. The molecule has 0 spiro atoms. The van der Waals surface area contributed by atoms with E-state index in [4.69, 9.17) is 0 Å². The van der Waals surface area contributed by atoms with Crippen LogP contribution in [0, 0.1) is 5.82 Å². The van der Waals surface area contributed by atoms with Crippen molar-refractivity contribution in [1.82, 2.24) is 10.2 Å². The Hall–Kier alpha value is -2.40. The van der Waals surface area contributed by atoms with E-state index in [-0.39, 0.29) is 24.2 Å². The molecule has 1 N–H and O–H groups in total. The lowest BCUT2D eigenvalue weighted by atomic mass is 9.96. The van der Waals surface area contributed by atoms with Crippen LogP contribution in [-0.2, 0) is 17.6 Å². The first kappa shape index (κ1) is 19.9. The van der Waals surface area contributed by atoms with E-state index in [0.717, 1.165) is 31.6 Å². The maximum Gasteiger partial charge on any atom is 0.224 e. The number of amides is 1. The summed E-state index contributed by atoms with van der Waals surface area (Å²) in [7, 11) is 2.16. The minimum absolute atomic E-state index is 0.0153. The number of carbonyl (C=O) groups excluding carboxylic acids is 1. The Morgan fingerprint density at radius 3 is 2.59 bits per heavy atom. The molecular formula is C24H30FN3O. The van der Waals surface area contributed by atoms with Gasteiger partial charge >= 0.3 is 0 Å². The molecule has 1 fully saturated rings. The Kier molecular flexibility index (Phi) is 6.14. The van der Waals surface area contributed by atoms with Gasteiger partial charge in [0, 0.05) is 25.8 Å². The van der Waals surface area contributed by atoms with Gasteiger partial charge in [0.05, 0.1) is 12.5 Å². The molecule has 0 aromatic heterocycles. The predicted octanol–water partition coefficient (Wildman–Crippen LogP) is 3.70. The van der Waals surface area contributed by atoms with Crippen molar-refractivity contribution in [2.24, 2.45) is 0 Å². The third-order valence-corrected chi connectivity index (χ3v) is 6.19. The highest BCUT2D eigenvalue weighted by atomic mass is 19.1. The molecule has 4 rings (SSSR count). The zero-order valence-corrected chi connectivity index (χ0v) is 17.2. The van der Waals surface area contributed by atoms with E-state index in [1.165, 1.54) is 48.2 Å². The van der Waals surface area contributed by atoms with E-state index in [1.807, 2.05) is 0 Å². The maximum atomic E-state index is 13.1. The van der Waals surface area contributed by atoms with Gasteiger partial charge in [-0.15, -0.1) is 0 Å². The van der Waals surface area contributed by atoms with Crippen LogP contribution in [0.2, 0.25) is 0 Å². The minimum Gasteiger partial charge on any atom is -0.374 e. The van der Waals surface area contributed by atoms with Gasteiger partial charge in [-0.25, -0.2) is 4.39 Å².